The lowest BCUT2D eigenvalue weighted by Crippen LogP contribution is -2.45. The van der Waals surface area contributed by atoms with Gasteiger partial charge in [-0.15, -0.1) is 0 Å². The summed E-state index contributed by atoms with van der Waals surface area (Å²) < 4.78 is 38.6. The van der Waals surface area contributed by atoms with Crippen LogP contribution < -0.4 is 5.32 Å². The van der Waals surface area contributed by atoms with Crippen LogP contribution in [0.4, 0.5) is 13.2 Å². The average Bonchev–Trinajstić information content (AvgIpc) is 2.67. The first-order chi connectivity index (χ1) is 9.65. The maximum Gasteiger partial charge on any atom is 0.416 e. The minimum absolute atomic E-state index is 0.246. The van der Waals surface area contributed by atoms with Crippen LogP contribution in [0.15, 0.2) is 17.3 Å². The van der Waals surface area contributed by atoms with Crippen LogP contribution in [0, 0.1) is 0 Å². The van der Waals surface area contributed by atoms with Gasteiger partial charge in [-0.2, -0.15) is 13.2 Å². The highest BCUT2D eigenvalue weighted by atomic mass is 35.5. The van der Waals surface area contributed by atoms with Gasteiger partial charge in [-0.3, -0.25) is 4.99 Å². The molecule has 1 rings (SSSR count). The van der Waals surface area contributed by atoms with E-state index in [4.69, 9.17) is 16.7 Å². The molecule has 1 aromatic rings. The fourth-order valence-electron chi connectivity index (χ4n) is 1.73. The average molecular weight is 327 g/mol. The smallest absolute Gasteiger partial charge is 0.382 e. The Labute approximate surface area is 126 Å². The first kappa shape index (κ1) is 17.6. The molecule has 5 nitrogen and oxygen atoms in total. The lowest BCUT2D eigenvalue weighted by atomic mass is 10.3. The van der Waals surface area contributed by atoms with Crippen molar-refractivity contribution in [2.75, 3.05) is 20.6 Å². The summed E-state index contributed by atoms with van der Waals surface area (Å²) in [6.45, 7) is -0.251. The van der Waals surface area contributed by atoms with E-state index in [1.54, 1.807) is 24.2 Å². The van der Waals surface area contributed by atoms with Crippen LogP contribution in [0.5, 0.6) is 0 Å². The predicted octanol–water partition coefficient (Wildman–Crippen LogP) is 1.61. The molecule has 0 aliphatic heterocycles. The van der Waals surface area contributed by atoms with Gasteiger partial charge in [0.2, 0.25) is 0 Å². The minimum atomic E-state index is -4.66. The number of guanidine groups is 1. The maximum atomic E-state index is 12.2. The van der Waals surface area contributed by atoms with Gasteiger partial charge < -0.3 is 19.9 Å². The molecule has 1 heterocycles. The molecule has 1 unspecified atom stereocenters. The number of aliphatic imine (C=N–C) groups is 1. The standard InChI is InChI=1S/C12H18ClF3N4O/c1-17-11(18-5-10(21)12(14,15)16)20(3)7-9-4-8(13)6-19(9)2/h4,6,10,21H,5,7H2,1-3H3,(H,17,18). The fraction of sp³-hybridized carbons (Fsp3) is 0.583. The SMILES string of the molecule is CN=C(NCC(O)C(F)(F)F)N(C)Cc1cc(Cl)cn1C. The second-order valence-electron chi connectivity index (χ2n) is 4.60. The number of hydrogen-bond donors (Lipinski definition) is 2. The number of aliphatic hydroxyl groups is 1. The number of aliphatic hydroxyl groups excluding tert-OH is 1. The minimum Gasteiger partial charge on any atom is -0.382 e. The molecule has 0 bridgehead atoms. The molecule has 0 aliphatic carbocycles. The van der Waals surface area contributed by atoms with Gasteiger partial charge in [0.15, 0.2) is 12.1 Å². The fourth-order valence-corrected chi connectivity index (χ4v) is 2.00. The summed E-state index contributed by atoms with van der Waals surface area (Å²) in [7, 11) is 4.95. The molecule has 0 aliphatic rings. The normalized spacial score (nSPS) is 14.2. The molecule has 0 amide bonds. The summed E-state index contributed by atoms with van der Waals surface area (Å²) in [4.78, 5) is 5.52. The van der Waals surface area contributed by atoms with E-state index >= 15 is 0 Å². The summed E-state index contributed by atoms with van der Waals surface area (Å²) in [6, 6.07) is 1.76. The van der Waals surface area contributed by atoms with Gasteiger partial charge >= 0.3 is 6.18 Å². The number of aryl methyl sites for hydroxylation is 1. The van der Waals surface area contributed by atoms with E-state index in [1.165, 1.54) is 7.05 Å². The largest absolute Gasteiger partial charge is 0.416 e. The third-order valence-corrected chi connectivity index (χ3v) is 3.09. The molecule has 120 valence electrons. The zero-order valence-corrected chi connectivity index (χ0v) is 12.7. The van der Waals surface area contributed by atoms with Crippen molar-refractivity contribution in [2.45, 2.75) is 18.8 Å². The van der Waals surface area contributed by atoms with E-state index in [9.17, 15) is 13.2 Å². The topological polar surface area (TPSA) is 52.8 Å². The molecule has 0 fully saturated rings. The van der Waals surface area contributed by atoms with Crippen molar-refractivity contribution in [3.63, 3.8) is 0 Å². The number of hydrogen-bond acceptors (Lipinski definition) is 2. The zero-order valence-electron chi connectivity index (χ0n) is 11.9. The van der Waals surface area contributed by atoms with Crippen LogP contribution in [0.1, 0.15) is 5.69 Å². The molecule has 21 heavy (non-hydrogen) atoms. The molecular formula is C12H18ClF3N4O. The maximum absolute atomic E-state index is 12.2. The van der Waals surface area contributed by atoms with Crippen LogP contribution in [0.25, 0.3) is 0 Å². The van der Waals surface area contributed by atoms with E-state index in [0.29, 0.717) is 11.6 Å². The number of nitrogens with one attached hydrogen (secondary N) is 1. The molecule has 0 spiro atoms. The Morgan fingerprint density at radius 3 is 2.62 bits per heavy atom. The van der Waals surface area contributed by atoms with Gasteiger partial charge in [-0.25, -0.2) is 0 Å². The highest BCUT2D eigenvalue weighted by molar-refractivity contribution is 6.30. The van der Waals surface area contributed by atoms with E-state index in [1.807, 2.05) is 11.6 Å². The van der Waals surface area contributed by atoms with Crippen LogP contribution in [0.2, 0.25) is 5.02 Å². The molecule has 0 saturated carbocycles. The molecule has 1 atom stereocenters. The summed E-state index contributed by atoms with van der Waals surface area (Å²) in [5, 5.41) is 12.0. The summed E-state index contributed by atoms with van der Waals surface area (Å²) >= 11 is 5.87. The first-order valence-corrected chi connectivity index (χ1v) is 6.50. The van der Waals surface area contributed by atoms with Gasteiger partial charge in [0, 0.05) is 33.0 Å². The zero-order chi connectivity index (χ0) is 16.2. The second-order valence-corrected chi connectivity index (χ2v) is 5.04. The van der Waals surface area contributed by atoms with Crippen molar-refractivity contribution in [1.29, 1.82) is 0 Å². The van der Waals surface area contributed by atoms with Gasteiger partial charge in [-0.05, 0) is 6.07 Å². The lowest BCUT2D eigenvalue weighted by Gasteiger charge is -2.24. The molecule has 9 heteroatoms. The lowest BCUT2D eigenvalue weighted by molar-refractivity contribution is -0.201. The van der Waals surface area contributed by atoms with Gasteiger partial charge in [0.25, 0.3) is 0 Å². The number of halogens is 4. The van der Waals surface area contributed by atoms with Gasteiger partial charge in [-0.1, -0.05) is 11.6 Å². The van der Waals surface area contributed by atoms with Crippen LogP contribution in [-0.2, 0) is 13.6 Å². The molecule has 0 saturated heterocycles. The van der Waals surface area contributed by atoms with E-state index in [-0.39, 0.29) is 5.96 Å². The Morgan fingerprint density at radius 2 is 2.19 bits per heavy atom. The third kappa shape index (κ3) is 5.13. The Bertz CT molecular complexity index is 501. The monoisotopic (exact) mass is 326 g/mol. The highest BCUT2D eigenvalue weighted by Crippen LogP contribution is 2.19. The third-order valence-electron chi connectivity index (χ3n) is 2.88. The highest BCUT2D eigenvalue weighted by Gasteiger charge is 2.38. The van der Waals surface area contributed by atoms with Crippen molar-refractivity contribution in [3.05, 3.63) is 23.0 Å². The summed E-state index contributed by atoms with van der Waals surface area (Å²) in [5.41, 5.74) is 0.877. The molecule has 0 aromatic carbocycles. The van der Waals surface area contributed by atoms with Crippen LogP contribution in [0.3, 0.4) is 0 Å². The van der Waals surface area contributed by atoms with Crippen molar-refractivity contribution in [1.82, 2.24) is 14.8 Å². The Hall–Kier alpha value is -1.41. The molecule has 1 aromatic heterocycles. The first-order valence-electron chi connectivity index (χ1n) is 6.12. The Balaban J connectivity index is 2.62. The van der Waals surface area contributed by atoms with Crippen molar-refractivity contribution < 1.29 is 18.3 Å². The van der Waals surface area contributed by atoms with E-state index in [2.05, 4.69) is 10.3 Å². The molecule has 0 radical (unpaired) electrons. The summed E-state index contributed by atoms with van der Waals surface area (Å²) in [5.74, 6) is 0.246. The van der Waals surface area contributed by atoms with Gasteiger partial charge in [0.05, 0.1) is 18.1 Å². The van der Waals surface area contributed by atoms with Crippen LogP contribution in [-0.4, -0.2) is 53.5 Å². The van der Waals surface area contributed by atoms with Crippen LogP contribution >= 0.6 is 11.6 Å². The quantitative estimate of drug-likeness (QED) is 0.653. The Morgan fingerprint density at radius 1 is 1.57 bits per heavy atom. The molecule has 2 N–H and O–H groups in total. The van der Waals surface area contributed by atoms with E-state index in [0.717, 1.165) is 5.69 Å². The van der Waals surface area contributed by atoms with E-state index < -0.39 is 18.8 Å². The summed E-state index contributed by atoms with van der Waals surface area (Å²) in [6.07, 6.45) is -5.36. The molecular weight excluding hydrogens is 309 g/mol. The Kier molecular flexibility index (Phi) is 5.91. The van der Waals surface area contributed by atoms with Crippen molar-refractivity contribution in [3.8, 4) is 0 Å². The number of aromatic nitrogens is 1. The van der Waals surface area contributed by atoms with Crippen molar-refractivity contribution >= 4 is 17.6 Å². The van der Waals surface area contributed by atoms with Crippen molar-refractivity contribution in [2.24, 2.45) is 12.0 Å². The number of nitrogens with zero attached hydrogens (tertiary/aromatic N) is 3. The predicted molar refractivity (Wildman–Crippen MR) is 75.3 cm³/mol. The number of alkyl halides is 3. The number of rotatable bonds is 4. The van der Waals surface area contributed by atoms with Gasteiger partial charge in [0.1, 0.15) is 0 Å². The second kappa shape index (κ2) is 7.04.